The SMILES string of the molecule is O=C[C@H](Cc1ccccc1)N1CCCC1=O. The molecule has 0 saturated carbocycles. The van der Waals surface area contributed by atoms with Crippen LogP contribution in [0.4, 0.5) is 0 Å². The summed E-state index contributed by atoms with van der Waals surface area (Å²) in [5, 5.41) is 0. The van der Waals surface area contributed by atoms with Crippen molar-refractivity contribution in [3.63, 3.8) is 0 Å². The number of amides is 1. The fourth-order valence-electron chi connectivity index (χ4n) is 2.11. The standard InChI is InChI=1S/C13H15NO2/c15-10-12(14-8-4-7-13(14)16)9-11-5-2-1-3-6-11/h1-3,5-6,10,12H,4,7-9H2/t12-/m0/s1. The second-order valence-corrected chi connectivity index (χ2v) is 4.08. The summed E-state index contributed by atoms with van der Waals surface area (Å²) in [7, 11) is 0. The average molecular weight is 217 g/mol. The Bertz CT molecular complexity index is 375. The van der Waals surface area contributed by atoms with E-state index in [2.05, 4.69) is 0 Å². The molecule has 0 spiro atoms. The van der Waals surface area contributed by atoms with E-state index in [1.165, 1.54) is 0 Å². The van der Waals surface area contributed by atoms with Crippen LogP contribution in [0.3, 0.4) is 0 Å². The fourth-order valence-corrected chi connectivity index (χ4v) is 2.11. The summed E-state index contributed by atoms with van der Waals surface area (Å²) in [5.41, 5.74) is 1.10. The summed E-state index contributed by atoms with van der Waals surface area (Å²) >= 11 is 0. The van der Waals surface area contributed by atoms with Crippen molar-refractivity contribution in [3.8, 4) is 0 Å². The van der Waals surface area contributed by atoms with Crippen molar-refractivity contribution >= 4 is 12.2 Å². The van der Waals surface area contributed by atoms with E-state index >= 15 is 0 Å². The molecule has 1 fully saturated rings. The molecule has 84 valence electrons. The first-order chi connectivity index (χ1) is 7.81. The average Bonchev–Trinajstić information content (AvgIpc) is 2.74. The molecule has 1 saturated heterocycles. The number of benzene rings is 1. The molecule has 0 N–H and O–H groups in total. The number of likely N-dealkylation sites (tertiary alicyclic amines) is 1. The van der Waals surface area contributed by atoms with E-state index in [9.17, 15) is 9.59 Å². The van der Waals surface area contributed by atoms with Crippen molar-refractivity contribution in [1.29, 1.82) is 0 Å². The monoisotopic (exact) mass is 217 g/mol. The molecule has 1 amide bonds. The first-order valence-corrected chi connectivity index (χ1v) is 5.60. The van der Waals surface area contributed by atoms with E-state index < -0.39 is 0 Å². The largest absolute Gasteiger partial charge is 0.333 e. The Morgan fingerprint density at radius 1 is 1.31 bits per heavy atom. The molecule has 1 aromatic carbocycles. The van der Waals surface area contributed by atoms with Crippen LogP contribution in [0.15, 0.2) is 30.3 Å². The second kappa shape index (κ2) is 4.92. The van der Waals surface area contributed by atoms with Crippen molar-refractivity contribution in [1.82, 2.24) is 4.90 Å². The van der Waals surface area contributed by atoms with Gasteiger partial charge in [0.2, 0.25) is 5.91 Å². The molecule has 0 unspecified atom stereocenters. The van der Waals surface area contributed by atoms with E-state index in [0.29, 0.717) is 12.8 Å². The van der Waals surface area contributed by atoms with Crippen LogP contribution >= 0.6 is 0 Å². The van der Waals surface area contributed by atoms with Crippen LogP contribution in [0.2, 0.25) is 0 Å². The fraction of sp³-hybridized carbons (Fsp3) is 0.385. The van der Waals surface area contributed by atoms with Gasteiger partial charge in [-0.3, -0.25) is 4.79 Å². The minimum absolute atomic E-state index is 0.105. The van der Waals surface area contributed by atoms with Gasteiger partial charge in [-0.25, -0.2) is 0 Å². The molecular formula is C13H15NO2. The first kappa shape index (κ1) is 10.9. The van der Waals surface area contributed by atoms with E-state index in [0.717, 1.165) is 24.8 Å². The first-order valence-electron chi connectivity index (χ1n) is 5.60. The highest BCUT2D eigenvalue weighted by molar-refractivity contribution is 5.81. The Balaban J connectivity index is 2.06. The van der Waals surface area contributed by atoms with Crippen LogP contribution in [-0.4, -0.2) is 29.7 Å². The molecule has 0 bridgehead atoms. The van der Waals surface area contributed by atoms with Crippen LogP contribution in [-0.2, 0) is 16.0 Å². The topological polar surface area (TPSA) is 37.4 Å². The molecular weight excluding hydrogens is 202 g/mol. The van der Waals surface area contributed by atoms with Crippen molar-refractivity contribution in [2.45, 2.75) is 25.3 Å². The molecule has 0 radical (unpaired) electrons. The van der Waals surface area contributed by atoms with Crippen molar-refractivity contribution in [2.24, 2.45) is 0 Å². The normalized spacial score (nSPS) is 17.5. The summed E-state index contributed by atoms with van der Waals surface area (Å²) in [6.45, 7) is 0.717. The number of nitrogens with zero attached hydrogens (tertiary/aromatic N) is 1. The van der Waals surface area contributed by atoms with Crippen molar-refractivity contribution < 1.29 is 9.59 Å². The number of carbonyl (C=O) groups is 2. The van der Waals surface area contributed by atoms with Gasteiger partial charge in [-0.2, -0.15) is 0 Å². The molecule has 0 aromatic heterocycles. The smallest absolute Gasteiger partial charge is 0.223 e. The number of aldehydes is 1. The van der Waals surface area contributed by atoms with Crippen LogP contribution < -0.4 is 0 Å². The van der Waals surface area contributed by atoms with Crippen LogP contribution in [0, 0.1) is 0 Å². The Labute approximate surface area is 95.1 Å². The zero-order chi connectivity index (χ0) is 11.4. The van der Waals surface area contributed by atoms with Gasteiger partial charge in [-0.15, -0.1) is 0 Å². The lowest BCUT2D eigenvalue weighted by atomic mass is 10.1. The highest BCUT2D eigenvalue weighted by atomic mass is 16.2. The predicted octanol–water partition coefficient (Wildman–Crippen LogP) is 1.42. The zero-order valence-electron chi connectivity index (χ0n) is 9.13. The van der Waals surface area contributed by atoms with E-state index in [1.807, 2.05) is 30.3 Å². The summed E-state index contributed by atoms with van der Waals surface area (Å²) in [5.74, 6) is 0.105. The predicted molar refractivity (Wildman–Crippen MR) is 60.9 cm³/mol. The van der Waals surface area contributed by atoms with E-state index in [1.54, 1.807) is 4.90 Å². The lowest BCUT2D eigenvalue weighted by Gasteiger charge is -2.22. The van der Waals surface area contributed by atoms with Gasteiger partial charge in [0.15, 0.2) is 0 Å². The van der Waals surface area contributed by atoms with Gasteiger partial charge in [-0.05, 0) is 18.4 Å². The highest BCUT2D eigenvalue weighted by Gasteiger charge is 2.27. The van der Waals surface area contributed by atoms with Crippen LogP contribution in [0.5, 0.6) is 0 Å². The quantitative estimate of drug-likeness (QED) is 0.715. The molecule has 3 nitrogen and oxygen atoms in total. The number of hydrogen-bond donors (Lipinski definition) is 0. The van der Waals surface area contributed by atoms with Gasteiger partial charge < -0.3 is 9.69 Å². The lowest BCUT2D eigenvalue weighted by Crippen LogP contribution is -2.38. The molecule has 1 aromatic rings. The van der Waals surface area contributed by atoms with Gasteiger partial charge in [-0.1, -0.05) is 30.3 Å². The molecule has 2 rings (SSSR count). The Morgan fingerprint density at radius 2 is 2.06 bits per heavy atom. The third-order valence-corrected chi connectivity index (χ3v) is 2.96. The second-order valence-electron chi connectivity index (χ2n) is 4.08. The molecule has 16 heavy (non-hydrogen) atoms. The molecule has 1 aliphatic heterocycles. The molecule has 0 aliphatic carbocycles. The van der Waals surface area contributed by atoms with Crippen molar-refractivity contribution in [3.05, 3.63) is 35.9 Å². The van der Waals surface area contributed by atoms with Crippen LogP contribution in [0.1, 0.15) is 18.4 Å². The number of hydrogen-bond acceptors (Lipinski definition) is 2. The third-order valence-electron chi connectivity index (χ3n) is 2.96. The highest BCUT2D eigenvalue weighted by Crippen LogP contribution is 2.15. The molecule has 1 atom stereocenters. The van der Waals surface area contributed by atoms with Gasteiger partial charge in [0.1, 0.15) is 6.29 Å². The van der Waals surface area contributed by atoms with Gasteiger partial charge in [0.25, 0.3) is 0 Å². The summed E-state index contributed by atoms with van der Waals surface area (Å²) in [4.78, 5) is 24.3. The lowest BCUT2D eigenvalue weighted by molar-refractivity contribution is -0.132. The van der Waals surface area contributed by atoms with E-state index in [-0.39, 0.29) is 11.9 Å². The Morgan fingerprint density at radius 3 is 2.62 bits per heavy atom. The Kier molecular flexibility index (Phi) is 3.34. The maximum absolute atomic E-state index is 11.5. The third kappa shape index (κ3) is 2.30. The van der Waals surface area contributed by atoms with Crippen LogP contribution in [0.25, 0.3) is 0 Å². The summed E-state index contributed by atoms with van der Waals surface area (Å²) in [6.07, 6.45) is 2.96. The van der Waals surface area contributed by atoms with Gasteiger partial charge >= 0.3 is 0 Å². The van der Waals surface area contributed by atoms with Gasteiger partial charge in [0, 0.05) is 13.0 Å². The number of carbonyl (C=O) groups excluding carboxylic acids is 2. The number of rotatable bonds is 4. The maximum Gasteiger partial charge on any atom is 0.223 e. The van der Waals surface area contributed by atoms with Gasteiger partial charge in [0.05, 0.1) is 6.04 Å². The maximum atomic E-state index is 11.5. The molecule has 3 heteroatoms. The molecule has 1 heterocycles. The minimum atomic E-state index is -0.294. The zero-order valence-corrected chi connectivity index (χ0v) is 9.13. The van der Waals surface area contributed by atoms with E-state index in [4.69, 9.17) is 0 Å². The van der Waals surface area contributed by atoms with Crippen molar-refractivity contribution in [2.75, 3.05) is 6.54 Å². The molecule has 1 aliphatic rings. The summed E-state index contributed by atoms with van der Waals surface area (Å²) in [6, 6.07) is 9.51. The Hall–Kier alpha value is -1.64. The minimum Gasteiger partial charge on any atom is -0.333 e. The summed E-state index contributed by atoms with van der Waals surface area (Å²) < 4.78 is 0.